The highest BCUT2D eigenvalue weighted by atomic mass is 16.5. The summed E-state index contributed by atoms with van der Waals surface area (Å²) >= 11 is 0. The molecule has 0 spiro atoms. The molecule has 2 aromatic heterocycles. The van der Waals surface area contributed by atoms with Gasteiger partial charge in [-0.25, -0.2) is 9.59 Å². The smallest absolute Gasteiger partial charge is 0.339 e. The molecule has 4 aromatic carbocycles. The molecule has 0 bridgehead atoms. The third kappa shape index (κ3) is 5.50. The second-order valence-corrected chi connectivity index (χ2v) is 10.1. The van der Waals surface area contributed by atoms with E-state index in [-0.39, 0.29) is 11.3 Å². The van der Waals surface area contributed by atoms with Crippen molar-refractivity contribution >= 4 is 21.9 Å². The molecule has 2 heterocycles. The van der Waals surface area contributed by atoms with E-state index >= 15 is 0 Å². The van der Waals surface area contributed by atoms with Gasteiger partial charge in [0.25, 0.3) is 0 Å². The third-order valence-corrected chi connectivity index (χ3v) is 7.18. The molecule has 0 aliphatic carbocycles. The van der Waals surface area contributed by atoms with E-state index in [2.05, 4.69) is 0 Å². The fourth-order valence-electron chi connectivity index (χ4n) is 5.23. The molecular formula is C35H28O6. The van der Waals surface area contributed by atoms with Crippen molar-refractivity contribution in [1.29, 1.82) is 0 Å². The van der Waals surface area contributed by atoms with Crippen molar-refractivity contribution in [2.24, 2.45) is 0 Å². The summed E-state index contributed by atoms with van der Waals surface area (Å²) in [7, 11) is 3.12. The zero-order valence-corrected chi connectivity index (χ0v) is 22.8. The number of rotatable bonds is 8. The lowest BCUT2D eigenvalue weighted by molar-refractivity contribution is 0.405. The lowest BCUT2D eigenvalue weighted by Gasteiger charge is -2.12. The molecule has 0 N–H and O–H groups in total. The van der Waals surface area contributed by atoms with Crippen molar-refractivity contribution in [3.63, 3.8) is 0 Å². The highest BCUT2D eigenvalue weighted by Gasteiger charge is 2.15. The van der Waals surface area contributed by atoms with E-state index in [1.165, 1.54) is 0 Å². The highest BCUT2D eigenvalue weighted by Crippen LogP contribution is 2.32. The molecule has 0 amide bonds. The summed E-state index contributed by atoms with van der Waals surface area (Å²) in [5.41, 5.74) is 5.25. The standard InChI is InChI=1S/C35H28O6/c1-38-30-18-24(16-26-20-28(34(36)40-32(26)30)14-22-9-5-3-6-10-22)13-25-17-27-21-29(15-23-11-7-4-8-12-23)35(37)41-33(27)31(19-25)39-2/h3-12,16-21H,13-15H2,1-2H3. The highest BCUT2D eigenvalue weighted by molar-refractivity contribution is 5.85. The van der Waals surface area contributed by atoms with Crippen LogP contribution in [-0.2, 0) is 19.3 Å². The first kappa shape index (κ1) is 26.1. The van der Waals surface area contributed by atoms with E-state index in [9.17, 15) is 9.59 Å². The SMILES string of the molecule is COc1cc(Cc2cc(OC)c3oc(=O)c(Cc4ccccc4)cc3c2)cc2cc(Cc3ccccc3)c(=O)oc12. The molecule has 204 valence electrons. The van der Waals surface area contributed by atoms with Gasteiger partial charge in [0.15, 0.2) is 22.7 Å². The van der Waals surface area contributed by atoms with Crippen molar-refractivity contribution in [2.75, 3.05) is 14.2 Å². The van der Waals surface area contributed by atoms with Gasteiger partial charge in [-0.3, -0.25) is 0 Å². The summed E-state index contributed by atoms with van der Waals surface area (Å²) in [5.74, 6) is 0.981. The monoisotopic (exact) mass is 544 g/mol. The van der Waals surface area contributed by atoms with Crippen LogP contribution >= 0.6 is 0 Å². The molecule has 6 rings (SSSR count). The van der Waals surface area contributed by atoms with Gasteiger partial charge in [0.1, 0.15) is 0 Å². The molecule has 0 saturated heterocycles. The fourth-order valence-corrected chi connectivity index (χ4v) is 5.23. The second kappa shape index (κ2) is 11.2. The predicted molar refractivity (Wildman–Crippen MR) is 159 cm³/mol. The summed E-state index contributed by atoms with van der Waals surface area (Å²) in [6.07, 6.45) is 1.51. The van der Waals surface area contributed by atoms with Crippen LogP contribution in [-0.4, -0.2) is 14.2 Å². The van der Waals surface area contributed by atoms with Gasteiger partial charge in [0.05, 0.1) is 14.2 Å². The Bertz CT molecular complexity index is 1830. The van der Waals surface area contributed by atoms with E-state index in [0.29, 0.717) is 53.1 Å². The number of ether oxygens (including phenoxy) is 2. The minimum Gasteiger partial charge on any atom is -0.493 e. The minimum atomic E-state index is -0.375. The zero-order chi connectivity index (χ0) is 28.3. The first-order valence-corrected chi connectivity index (χ1v) is 13.4. The molecular weight excluding hydrogens is 516 g/mol. The molecule has 41 heavy (non-hydrogen) atoms. The molecule has 6 heteroatoms. The van der Waals surface area contributed by atoms with Crippen molar-refractivity contribution in [3.8, 4) is 11.5 Å². The molecule has 0 aliphatic rings. The minimum absolute atomic E-state index is 0.375. The summed E-state index contributed by atoms with van der Waals surface area (Å²) in [6.45, 7) is 0. The molecule has 0 fully saturated rings. The van der Waals surface area contributed by atoms with Crippen LogP contribution in [0.15, 0.2) is 115 Å². The Hall–Kier alpha value is -5.10. The van der Waals surface area contributed by atoms with Gasteiger partial charge in [-0.2, -0.15) is 0 Å². The van der Waals surface area contributed by atoms with Gasteiger partial charge >= 0.3 is 11.3 Å². The van der Waals surface area contributed by atoms with Gasteiger partial charge in [-0.05, 0) is 65.1 Å². The van der Waals surface area contributed by atoms with E-state index in [4.69, 9.17) is 18.3 Å². The van der Waals surface area contributed by atoms with Crippen molar-refractivity contribution in [1.82, 2.24) is 0 Å². The molecule has 0 unspecified atom stereocenters. The van der Waals surface area contributed by atoms with Crippen LogP contribution in [0.1, 0.15) is 33.4 Å². The van der Waals surface area contributed by atoms with Gasteiger partial charge in [0.2, 0.25) is 0 Å². The largest absolute Gasteiger partial charge is 0.493 e. The Balaban J connectivity index is 1.39. The van der Waals surface area contributed by atoms with E-state index in [0.717, 1.165) is 33.0 Å². The molecule has 0 radical (unpaired) electrons. The number of hydrogen-bond acceptors (Lipinski definition) is 6. The Morgan fingerprint density at radius 2 is 0.927 bits per heavy atom. The average molecular weight is 545 g/mol. The van der Waals surface area contributed by atoms with Gasteiger partial charge < -0.3 is 18.3 Å². The average Bonchev–Trinajstić information content (AvgIpc) is 2.99. The predicted octanol–water partition coefficient (Wildman–Crippen LogP) is 6.69. The quantitative estimate of drug-likeness (QED) is 0.199. The van der Waals surface area contributed by atoms with E-state index in [1.54, 1.807) is 14.2 Å². The van der Waals surface area contributed by atoms with Crippen molar-refractivity contribution in [3.05, 3.63) is 151 Å². The van der Waals surface area contributed by atoms with Crippen LogP contribution in [0.25, 0.3) is 21.9 Å². The lowest BCUT2D eigenvalue weighted by atomic mass is 9.99. The Labute approximate surface area is 236 Å². The number of benzene rings is 4. The zero-order valence-electron chi connectivity index (χ0n) is 22.8. The first-order valence-electron chi connectivity index (χ1n) is 13.4. The van der Waals surface area contributed by atoms with Crippen LogP contribution < -0.4 is 20.7 Å². The fraction of sp³-hybridized carbons (Fsp3) is 0.143. The van der Waals surface area contributed by atoms with Gasteiger partial charge in [-0.15, -0.1) is 0 Å². The third-order valence-electron chi connectivity index (χ3n) is 7.18. The first-order chi connectivity index (χ1) is 20.0. The summed E-state index contributed by atoms with van der Waals surface area (Å²) in [4.78, 5) is 25.6. The summed E-state index contributed by atoms with van der Waals surface area (Å²) < 4.78 is 22.7. The van der Waals surface area contributed by atoms with Crippen LogP contribution in [0.5, 0.6) is 11.5 Å². The van der Waals surface area contributed by atoms with Crippen molar-refractivity contribution < 1.29 is 18.3 Å². The van der Waals surface area contributed by atoms with Crippen LogP contribution in [0.3, 0.4) is 0 Å². The van der Waals surface area contributed by atoms with E-state index < -0.39 is 0 Å². The number of methoxy groups -OCH3 is 2. The van der Waals surface area contributed by atoms with E-state index in [1.807, 2.05) is 97.1 Å². The van der Waals surface area contributed by atoms with Crippen LogP contribution in [0, 0.1) is 0 Å². The molecule has 6 aromatic rings. The van der Waals surface area contributed by atoms with Gasteiger partial charge in [-0.1, -0.05) is 60.7 Å². The molecule has 0 atom stereocenters. The second-order valence-electron chi connectivity index (χ2n) is 10.1. The van der Waals surface area contributed by atoms with Gasteiger partial charge in [0, 0.05) is 34.7 Å². The normalized spacial score (nSPS) is 11.2. The summed E-state index contributed by atoms with van der Waals surface area (Å²) in [5, 5.41) is 1.57. The Morgan fingerprint density at radius 1 is 0.512 bits per heavy atom. The Morgan fingerprint density at radius 3 is 1.32 bits per heavy atom. The van der Waals surface area contributed by atoms with Crippen LogP contribution in [0.4, 0.5) is 0 Å². The number of fused-ring (bicyclic) bond motifs is 2. The number of hydrogen-bond donors (Lipinski definition) is 0. The Kier molecular flexibility index (Phi) is 7.13. The maximum Gasteiger partial charge on any atom is 0.339 e. The maximum absolute atomic E-state index is 12.8. The molecule has 6 nitrogen and oxygen atoms in total. The topological polar surface area (TPSA) is 78.9 Å². The molecule has 0 saturated carbocycles. The summed E-state index contributed by atoms with van der Waals surface area (Å²) in [6, 6.07) is 31.2. The lowest BCUT2D eigenvalue weighted by Crippen LogP contribution is -2.08. The molecule has 0 aliphatic heterocycles. The maximum atomic E-state index is 12.8. The van der Waals surface area contributed by atoms with Crippen molar-refractivity contribution in [2.45, 2.75) is 19.3 Å². The van der Waals surface area contributed by atoms with Crippen LogP contribution in [0.2, 0.25) is 0 Å².